The Morgan fingerprint density at radius 3 is 1.73 bits per heavy atom. The van der Waals surface area contributed by atoms with Crippen LogP contribution in [-0.4, -0.2) is 95.6 Å². The normalized spacial score (nSPS) is 26.9. The lowest BCUT2D eigenvalue weighted by Gasteiger charge is -2.25. The zero-order valence-electron chi connectivity index (χ0n) is 20.4. The molecule has 202 valence electrons. The molecule has 0 aromatic heterocycles. The number of amides is 6. The first-order valence-corrected chi connectivity index (χ1v) is 11.6. The molecule has 0 bridgehead atoms. The highest BCUT2D eigenvalue weighted by Gasteiger charge is 2.30. The molecule has 0 unspecified atom stereocenters. The van der Waals surface area contributed by atoms with Crippen LogP contribution in [0.15, 0.2) is 30.3 Å². The summed E-state index contributed by atoms with van der Waals surface area (Å²) in [5.41, 5.74) is 0.682. The van der Waals surface area contributed by atoms with Gasteiger partial charge in [-0.3, -0.25) is 28.8 Å². The average molecular weight is 521 g/mol. The first-order valence-electron chi connectivity index (χ1n) is 11.6. The van der Waals surface area contributed by atoms with Gasteiger partial charge in [0.2, 0.25) is 35.4 Å². The maximum atomic E-state index is 12.9. The van der Waals surface area contributed by atoms with Crippen LogP contribution in [0.25, 0.3) is 0 Å². The summed E-state index contributed by atoms with van der Waals surface area (Å²) in [6.45, 7) is 0.485. The third-order valence-corrected chi connectivity index (χ3v) is 5.49. The maximum Gasteiger partial charge on any atom is 0.245 e. The summed E-state index contributed by atoms with van der Waals surface area (Å²) in [6, 6.07) is 2.31. The van der Waals surface area contributed by atoms with Gasteiger partial charge in [-0.15, -0.1) is 0 Å². The molecular weight excluding hydrogens is 488 g/mol. The highest BCUT2D eigenvalue weighted by atomic mass is 16.3. The van der Waals surface area contributed by atoms with Gasteiger partial charge >= 0.3 is 0 Å². The fourth-order valence-corrected chi connectivity index (χ4v) is 3.34. The SMILES string of the molecule is C[C@@H]1NC(=O)[C@H](CO)NC(=O)CNC(=O)[C@H](Cc2ccccc2)NC(=O)[C@H](CO)NC(=O)[C@@H](C)NC1=O. The number of aliphatic hydroxyl groups is 2. The fourth-order valence-electron chi connectivity index (χ4n) is 3.34. The Morgan fingerprint density at radius 1 is 0.649 bits per heavy atom. The maximum absolute atomic E-state index is 12.9. The molecule has 1 aromatic carbocycles. The predicted octanol–water partition coefficient (Wildman–Crippen LogP) is -4.19. The summed E-state index contributed by atoms with van der Waals surface area (Å²) in [6.07, 6.45) is 0.0259. The molecule has 1 saturated heterocycles. The fraction of sp³-hybridized carbons (Fsp3) is 0.478. The molecule has 1 aromatic rings. The van der Waals surface area contributed by atoms with Gasteiger partial charge in [0.05, 0.1) is 19.8 Å². The van der Waals surface area contributed by atoms with E-state index in [1.807, 2.05) is 0 Å². The van der Waals surface area contributed by atoms with E-state index in [0.717, 1.165) is 0 Å². The standard InChI is InChI=1S/C23H32N6O8/c1-12-19(33)25-13(2)20(34)29-17(11-31)23(37)28-15(8-14-6-4-3-5-7-14)21(35)24-9-18(32)27-16(10-30)22(36)26-12/h3-7,12-13,15-17,30-31H,8-11H2,1-2H3,(H,24,35)(H,25,33)(H,26,36)(H,27,32)(H,28,37)(H,29,34)/t12-,13+,15-,16-,17-/m0/s1. The van der Waals surface area contributed by atoms with Crippen molar-refractivity contribution < 1.29 is 39.0 Å². The largest absolute Gasteiger partial charge is 0.394 e. The van der Waals surface area contributed by atoms with E-state index in [9.17, 15) is 39.0 Å². The molecular formula is C23H32N6O8. The number of carbonyl (C=O) groups excluding carboxylic acids is 6. The number of aliphatic hydroxyl groups excluding tert-OH is 2. The molecule has 6 amide bonds. The number of carbonyl (C=O) groups is 6. The molecule has 0 saturated carbocycles. The zero-order chi connectivity index (χ0) is 27.5. The molecule has 14 heteroatoms. The lowest BCUT2D eigenvalue weighted by atomic mass is 10.0. The third kappa shape index (κ3) is 8.84. The van der Waals surface area contributed by atoms with E-state index in [0.29, 0.717) is 5.56 Å². The highest BCUT2D eigenvalue weighted by Crippen LogP contribution is 2.04. The third-order valence-electron chi connectivity index (χ3n) is 5.49. The molecule has 14 nitrogen and oxygen atoms in total. The quantitative estimate of drug-likeness (QED) is 0.194. The van der Waals surface area contributed by atoms with Crippen molar-refractivity contribution in [1.82, 2.24) is 31.9 Å². The Hall–Kier alpha value is -4.04. The first kappa shape index (κ1) is 29.2. The van der Waals surface area contributed by atoms with E-state index in [2.05, 4.69) is 31.9 Å². The van der Waals surface area contributed by atoms with Crippen molar-refractivity contribution in [3.63, 3.8) is 0 Å². The summed E-state index contributed by atoms with van der Waals surface area (Å²) in [4.78, 5) is 75.4. The average Bonchev–Trinajstić information content (AvgIpc) is 2.87. The monoisotopic (exact) mass is 520 g/mol. The zero-order valence-corrected chi connectivity index (χ0v) is 20.4. The van der Waals surface area contributed by atoms with E-state index < -0.39 is 85.4 Å². The topological polar surface area (TPSA) is 215 Å². The molecule has 1 aliphatic heterocycles. The molecule has 1 heterocycles. The highest BCUT2D eigenvalue weighted by molar-refractivity contribution is 5.97. The molecule has 8 N–H and O–H groups in total. The van der Waals surface area contributed by atoms with Gasteiger partial charge in [0.25, 0.3) is 0 Å². The van der Waals surface area contributed by atoms with Gasteiger partial charge in [-0.05, 0) is 19.4 Å². The minimum atomic E-state index is -1.44. The van der Waals surface area contributed by atoms with Crippen LogP contribution in [0.3, 0.4) is 0 Å². The van der Waals surface area contributed by atoms with Crippen LogP contribution in [0, 0.1) is 0 Å². The van der Waals surface area contributed by atoms with Crippen molar-refractivity contribution in [2.24, 2.45) is 0 Å². The number of hydrogen-bond donors (Lipinski definition) is 8. The van der Waals surface area contributed by atoms with Gasteiger partial charge in [0, 0.05) is 6.42 Å². The van der Waals surface area contributed by atoms with Gasteiger partial charge in [-0.25, -0.2) is 0 Å². The molecule has 1 fully saturated rings. The second-order valence-electron chi connectivity index (χ2n) is 8.48. The summed E-state index contributed by atoms with van der Waals surface area (Å²) < 4.78 is 0. The molecule has 37 heavy (non-hydrogen) atoms. The van der Waals surface area contributed by atoms with Crippen LogP contribution < -0.4 is 31.9 Å². The second-order valence-corrected chi connectivity index (χ2v) is 8.48. The van der Waals surface area contributed by atoms with Crippen molar-refractivity contribution in [2.45, 2.75) is 50.5 Å². The van der Waals surface area contributed by atoms with Gasteiger partial charge < -0.3 is 42.1 Å². The van der Waals surface area contributed by atoms with Gasteiger partial charge in [-0.2, -0.15) is 0 Å². The molecule has 2 rings (SSSR count). The Bertz CT molecular complexity index is 1000. The number of nitrogens with one attached hydrogen (secondary N) is 6. The van der Waals surface area contributed by atoms with Crippen molar-refractivity contribution >= 4 is 35.4 Å². The number of rotatable bonds is 4. The first-order chi connectivity index (χ1) is 17.5. The van der Waals surface area contributed by atoms with Crippen LogP contribution in [0.5, 0.6) is 0 Å². The number of benzene rings is 1. The van der Waals surface area contributed by atoms with Crippen LogP contribution in [0.4, 0.5) is 0 Å². The van der Waals surface area contributed by atoms with Crippen molar-refractivity contribution in [3.05, 3.63) is 35.9 Å². The Morgan fingerprint density at radius 2 is 1.14 bits per heavy atom. The van der Waals surface area contributed by atoms with Crippen LogP contribution >= 0.6 is 0 Å². The number of hydrogen-bond acceptors (Lipinski definition) is 8. The molecule has 0 aliphatic carbocycles. The van der Waals surface area contributed by atoms with Gasteiger partial charge in [0.1, 0.15) is 30.2 Å². The van der Waals surface area contributed by atoms with E-state index in [4.69, 9.17) is 0 Å². The summed E-state index contributed by atoms with van der Waals surface area (Å²) >= 11 is 0. The van der Waals surface area contributed by atoms with Crippen LogP contribution in [0.2, 0.25) is 0 Å². The van der Waals surface area contributed by atoms with E-state index in [-0.39, 0.29) is 6.42 Å². The lowest BCUT2D eigenvalue weighted by molar-refractivity contribution is -0.136. The molecule has 0 spiro atoms. The lowest BCUT2D eigenvalue weighted by Crippen LogP contribution is -2.60. The minimum Gasteiger partial charge on any atom is -0.394 e. The predicted molar refractivity (Wildman–Crippen MR) is 128 cm³/mol. The minimum absolute atomic E-state index is 0.0259. The van der Waals surface area contributed by atoms with Crippen molar-refractivity contribution in [2.75, 3.05) is 19.8 Å². The van der Waals surface area contributed by atoms with E-state index in [1.165, 1.54) is 13.8 Å². The Labute approximate surface area is 212 Å². The van der Waals surface area contributed by atoms with E-state index >= 15 is 0 Å². The van der Waals surface area contributed by atoms with Gasteiger partial charge in [0.15, 0.2) is 0 Å². The Kier molecular flexibility index (Phi) is 11.0. The second kappa shape index (κ2) is 13.9. The van der Waals surface area contributed by atoms with Crippen molar-refractivity contribution in [1.29, 1.82) is 0 Å². The van der Waals surface area contributed by atoms with Crippen LogP contribution in [0.1, 0.15) is 19.4 Å². The van der Waals surface area contributed by atoms with Crippen LogP contribution in [-0.2, 0) is 35.2 Å². The summed E-state index contributed by atoms with van der Waals surface area (Å²) in [7, 11) is 0. The summed E-state index contributed by atoms with van der Waals surface area (Å²) in [5.74, 6) is -4.82. The Balaban J connectivity index is 2.31. The molecule has 1 aliphatic rings. The van der Waals surface area contributed by atoms with Gasteiger partial charge in [-0.1, -0.05) is 30.3 Å². The summed E-state index contributed by atoms with van der Waals surface area (Å²) in [5, 5.41) is 33.3. The smallest absolute Gasteiger partial charge is 0.245 e. The van der Waals surface area contributed by atoms with E-state index in [1.54, 1.807) is 30.3 Å². The van der Waals surface area contributed by atoms with Crippen molar-refractivity contribution in [3.8, 4) is 0 Å². The molecule has 0 radical (unpaired) electrons. The molecule has 5 atom stereocenters.